The van der Waals surface area contributed by atoms with Gasteiger partial charge in [0.1, 0.15) is 6.04 Å². The third kappa shape index (κ3) is 4.18. The maximum absolute atomic E-state index is 11.9. The Kier molecular flexibility index (Phi) is 6.72. The van der Waals surface area contributed by atoms with Gasteiger partial charge in [0.15, 0.2) is 0 Å². The molecule has 5 heteroatoms. The summed E-state index contributed by atoms with van der Waals surface area (Å²) in [4.78, 5) is 23.3. The van der Waals surface area contributed by atoms with Crippen molar-refractivity contribution in [3.05, 3.63) is 0 Å². The van der Waals surface area contributed by atoms with Crippen LogP contribution < -0.4 is 16.0 Å². The highest BCUT2D eigenvalue weighted by atomic mass is 16.2. The van der Waals surface area contributed by atoms with Gasteiger partial charge < -0.3 is 16.0 Å². The summed E-state index contributed by atoms with van der Waals surface area (Å²) < 4.78 is 0. The van der Waals surface area contributed by atoms with Crippen LogP contribution in [0.5, 0.6) is 0 Å². The van der Waals surface area contributed by atoms with E-state index in [0.29, 0.717) is 6.42 Å². The normalized spacial score (nSPS) is 14.4. The summed E-state index contributed by atoms with van der Waals surface area (Å²) in [5.41, 5.74) is 0. The van der Waals surface area contributed by atoms with Gasteiger partial charge in [-0.3, -0.25) is 9.59 Å². The van der Waals surface area contributed by atoms with E-state index in [-0.39, 0.29) is 23.8 Å². The molecule has 0 rings (SSSR count). The van der Waals surface area contributed by atoms with E-state index in [4.69, 9.17) is 0 Å². The first-order valence-corrected chi connectivity index (χ1v) is 5.67. The molecule has 2 atom stereocenters. The fraction of sp³-hybridized carbons (Fsp3) is 0.818. The monoisotopic (exact) mass is 229 g/mol. The molecule has 0 bridgehead atoms. The largest absolute Gasteiger partial charge is 0.357 e. The van der Waals surface area contributed by atoms with Gasteiger partial charge in [-0.25, -0.2) is 0 Å². The number of nitrogens with one attached hydrogen (secondary N) is 3. The van der Waals surface area contributed by atoms with Crippen molar-refractivity contribution >= 4 is 11.8 Å². The van der Waals surface area contributed by atoms with Gasteiger partial charge >= 0.3 is 0 Å². The highest BCUT2D eigenvalue weighted by Crippen LogP contribution is 2.02. The molecule has 16 heavy (non-hydrogen) atoms. The summed E-state index contributed by atoms with van der Waals surface area (Å²) in [5.74, 6) is -0.102. The molecule has 2 unspecified atom stereocenters. The number of hydrogen-bond acceptors (Lipinski definition) is 3. The van der Waals surface area contributed by atoms with Gasteiger partial charge in [-0.05, 0) is 19.4 Å². The first kappa shape index (κ1) is 14.9. The zero-order chi connectivity index (χ0) is 12.7. The highest BCUT2D eigenvalue weighted by molar-refractivity contribution is 5.89. The summed E-state index contributed by atoms with van der Waals surface area (Å²) in [6.07, 6.45) is 0.583. The van der Waals surface area contributed by atoms with E-state index in [0.717, 1.165) is 0 Å². The quantitative estimate of drug-likeness (QED) is 0.594. The molecular weight excluding hydrogens is 206 g/mol. The molecule has 0 fully saturated rings. The lowest BCUT2D eigenvalue weighted by atomic mass is 10.0. The molecule has 0 aromatic carbocycles. The minimum absolute atomic E-state index is 0.132. The molecule has 0 aliphatic carbocycles. The first-order chi connectivity index (χ1) is 7.47. The molecule has 0 radical (unpaired) electrons. The molecule has 0 saturated carbocycles. The average Bonchev–Trinajstić information content (AvgIpc) is 2.25. The molecule has 0 aromatic rings. The zero-order valence-corrected chi connectivity index (χ0v) is 10.8. The average molecular weight is 229 g/mol. The minimum atomic E-state index is -0.452. The predicted molar refractivity (Wildman–Crippen MR) is 64.0 cm³/mol. The van der Waals surface area contributed by atoms with Crippen LogP contribution in [-0.2, 0) is 9.59 Å². The Morgan fingerprint density at radius 2 is 1.69 bits per heavy atom. The number of carbonyl (C=O) groups is 2. The molecule has 0 saturated heterocycles. The molecule has 0 spiro atoms. The van der Waals surface area contributed by atoms with Gasteiger partial charge in [-0.2, -0.15) is 0 Å². The van der Waals surface area contributed by atoms with Gasteiger partial charge in [0, 0.05) is 7.05 Å². The SMILES string of the molecule is CCC(NC(=O)C(NC)C(C)C)C(=O)NC. The van der Waals surface area contributed by atoms with Crippen molar-refractivity contribution in [3.8, 4) is 0 Å². The van der Waals surface area contributed by atoms with Crippen molar-refractivity contribution in [3.63, 3.8) is 0 Å². The van der Waals surface area contributed by atoms with Crippen LogP contribution in [0.15, 0.2) is 0 Å². The van der Waals surface area contributed by atoms with Crippen LogP contribution in [0.1, 0.15) is 27.2 Å². The fourth-order valence-corrected chi connectivity index (χ4v) is 1.56. The maximum atomic E-state index is 11.9. The van der Waals surface area contributed by atoms with E-state index in [1.165, 1.54) is 0 Å². The molecule has 3 N–H and O–H groups in total. The van der Waals surface area contributed by atoms with Crippen molar-refractivity contribution in [1.82, 2.24) is 16.0 Å². The van der Waals surface area contributed by atoms with Crippen molar-refractivity contribution < 1.29 is 9.59 Å². The zero-order valence-electron chi connectivity index (χ0n) is 10.8. The molecule has 2 amide bonds. The lowest BCUT2D eigenvalue weighted by Gasteiger charge is -2.22. The topological polar surface area (TPSA) is 70.2 Å². The highest BCUT2D eigenvalue weighted by Gasteiger charge is 2.24. The molecule has 0 aromatic heterocycles. The number of carbonyl (C=O) groups excluding carboxylic acids is 2. The molecule has 0 heterocycles. The summed E-state index contributed by atoms with van der Waals surface area (Å²) in [6, 6.07) is -0.717. The summed E-state index contributed by atoms with van der Waals surface area (Å²) in [6.45, 7) is 5.78. The van der Waals surface area contributed by atoms with Crippen LogP contribution in [0, 0.1) is 5.92 Å². The van der Waals surface area contributed by atoms with Crippen LogP contribution >= 0.6 is 0 Å². The Hall–Kier alpha value is -1.10. The van der Waals surface area contributed by atoms with Crippen molar-refractivity contribution in [1.29, 1.82) is 0 Å². The van der Waals surface area contributed by atoms with E-state index in [1.807, 2.05) is 20.8 Å². The second kappa shape index (κ2) is 7.22. The first-order valence-electron chi connectivity index (χ1n) is 5.67. The Labute approximate surface area is 97.4 Å². The van der Waals surface area contributed by atoms with Crippen LogP contribution in [0.25, 0.3) is 0 Å². The van der Waals surface area contributed by atoms with Gasteiger partial charge in [-0.15, -0.1) is 0 Å². The van der Waals surface area contributed by atoms with Crippen LogP contribution in [-0.4, -0.2) is 38.0 Å². The number of rotatable bonds is 6. The molecular formula is C11H23N3O2. The van der Waals surface area contributed by atoms with Crippen molar-refractivity contribution in [2.45, 2.75) is 39.3 Å². The third-order valence-electron chi connectivity index (χ3n) is 2.55. The second-order valence-corrected chi connectivity index (χ2v) is 4.09. The van der Waals surface area contributed by atoms with Gasteiger partial charge in [0.05, 0.1) is 6.04 Å². The number of hydrogen-bond donors (Lipinski definition) is 3. The summed E-state index contributed by atoms with van der Waals surface area (Å²) in [7, 11) is 3.31. The van der Waals surface area contributed by atoms with Crippen molar-refractivity contribution in [2.24, 2.45) is 5.92 Å². The lowest BCUT2D eigenvalue weighted by Crippen LogP contribution is -2.53. The predicted octanol–water partition coefficient (Wildman–Crippen LogP) is -0.129. The Balaban J connectivity index is 4.45. The maximum Gasteiger partial charge on any atom is 0.242 e. The fourth-order valence-electron chi connectivity index (χ4n) is 1.56. The Morgan fingerprint density at radius 1 is 1.12 bits per heavy atom. The lowest BCUT2D eigenvalue weighted by molar-refractivity contribution is -0.130. The third-order valence-corrected chi connectivity index (χ3v) is 2.55. The van der Waals surface area contributed by atoms with Gasteiger partial charge in [0.25, 0.3) is 0 Å². The molecule has 0 aliphatic rings. The van der Waals surface area contributed by atoms with E-state index in [1.54, 1.807) is 14.1 Å². The van der Waals surface area contributed by atoms with E-state index in [2.05, 4.69) is 16.0 Å². The van der Waals surface area contributed by atoms with Crippen molar-refractivity contribution in [2.75, 3.05) is 14.1 Å². The van der Waals surface area contributed by atoms with Crippen LogP contribution in [0.2, 0.25) is 0 Å². The molecule has 0 aliphatic heterocycles. The van der Waals surface area contributed by atoms with E-state index in [9.17, 15) is 9.59 Å². The van der Waals surface area contributed by atoms with Gasteiger partial charge in [0.2, 0.25) is 11.8 Å². The smallest absolute Gasteiger partial charge is 0.242 e. The summed E-state index contributed by atoms with van der Waals surface area (Å²) in [5, 5.41) is 8.21. The second-order valence-electron chi connectivity index (χ2n) is 4.09. The Morgan fingerprint density at radius 3 is 2.00 bits per heavy atom. The number of likely N-dealkylation sites (N-methyl/N-ethyl adjacent to an activating group) is 2. The molecule has 94 valence electrons. The van der Waals surface area contributed by atoms with E-state index < -0.39 is 6.04 Å². The van der Waals surface area contributed by atoms with Crippen LogP contribution in [0.3, 0.4) is 0 Å². The minimum Gasteiger partial charge on any atom is -0.357 e. The standard InChI is InChI=1S/C11H23N3O2/c1-6-8(10(15)13-5)14-11(16)9(12-4)7(2)3/h7-9,12H,6H2,1-5H3,(H,13,15)(H,14,16). The van der Waals surface area contributed by atoms with E-state index >= 15 is 0 Å². The van der Waals surface area contributed by atoms with Gasteiger partial charge in [-0.1, -0.05) is 20.8 Å². The number of amides is 2. The Bertz CT molecular complexity index is 241. The summed E-state index contributed by atoms with van der Waals surface area (Å²) >= 11 is 0. The van der Waals surface area contributed by atoms with Crippen LogP contribution in [0.4, 0.5) is 0 Å². The molecule has 5 nitrogen and oxygen atoms in total.